The maximum Gasteiger partial charge on any atom is 0.122 e. The highest BCUT2D eigenvalue weighted by atomic mass is 16.5. The minimum Gasteiger partial charge on any atom is -0.497 e. The van der Waals surface area contributed by atoms with Crippen molar-refractivity contribution in [2.45, 2.75) is 19.4 Å². The van der Waals surface area contributed by atoms with E-state index in [0.717, 1.165) is 29.0 Å². The molecule has 0 bridgehead atoms. The summed E-state index contributed by atoms with van der Waals surface area (Å²) in [7, 11) is 3.35. The van der Waals surface area contributed by atoms with Gasteiger partial charge in [0.15, 0.2) is 0 Å². The van der Waals surface area contributed by atoms with Crippen molar-refractivity contribution in [2.24, 2.45) is 5.84 Å². The second kappa shape index (κ2) is 7.11. The molecule has 4 heteroatoms. The Balaban J connectivity index is 2.28. The minimum absolute atomic E-state index is 0.00389. The van der Waals surface area contributed by atoms with Crippen LogP contribution >= 0.6 is 0 Å². The summed E-state index contributed by atoms with van der Waals surface area (Å²) >= 11 is 0. The van der Waals surface area contributed by atoms with Gasteiger partial charge < -0.3 is 9.47 Å². The Morgan fingerprint density at radius 1 is 1.10 bits per heavy atom. The number of hydrogen-bond donors (Lipinski definition) is 2. The van der Waals surface area contributed by atoms with Gasteiger partial charge >= 0.3 is 0 Å². The summed E-state index contributed by atoms with van der Waals surface area (Å²) in [5, 5.41) is 0. The first-order valence-electron chi connectivity index (χ1n) is 6.91. The number of aryl methyl sites for hydroxylation is 1. The highest BCUT2D eigenvalue weighted by Crippen LogP contribution is 2.27. The van der Waals surface area contributed by atoms with Gasteiger partial charge in [-0.25, -0.2) is 0 Å². The summed E-state index contributed by atoms with van der Waals surface area (Å²) in [6, 6.07) is 14.1. The fourth-order valence-corrected chi connectivity index (χ4v) is 2.42. The lowest BCUT2D eigenvalue weighted by Gasteiger charge is -2.19. The lowest BCUT2D eigenvalue weighted by atomic mass is 9.97. The maximum absolute atomic E-state index is 5.74. The van der Waals surface area contributed by atoms with Crippen molar-refractivity contribution in [1.29, 1.82) is 0 Å². The molecule has 4 nitrogen and oxygen atoms in total. The predicted molar refractivity (Wildman–Crippen MR) is 84.5 cm³/mol. The van der Waals surface area contributed by atoms with E-state index in [9.17, 15) is 0 Å². The number of ether oxygens (including phenoxy) is 2. The Morgan fingerprint density at radius 3 is 2.57 bits per heavy atom. The number of benzene rings is 2. The molecule has 3 N–H and O–H groups in total. The van der Waals surface area contributed by atoms with Gasteiger partial charge in [0.2, 0.25) is 0 Å². The molecule has 0 amide bonds. The van der Waals surface area contributed by atoms with E-state index < -0.39 is 0 Å². The zero-order valence-electron chi connectivity index (χ0n) is 12.7. The van der Waals surface area contributed by atoms with E-state index in [2.05, 4.69) is 18.4 Å². The highest BCUT2D eigenvalue weighted by molar-refractivity contribution is 5.39. The van der Waals surface area contributed by atoms with Crippen LogP contribution in [0.2, 0.25) is 0 Å². The first kappa shape index (κ1) is 15.4. The van der Waals surface area contributed by atoms with E-state index >= 15 is 0 Å². The first-order chi connectivity index (χ1) is 10.2. The van der Waals surface area contributed by atoms with Crippen molar-refractivity contribution >= 4 is 0 Å². The van der Waals surface area contributed by atoms with Crippen LogP contribution < -0.4 is 20.7 Å². The summed E-state index contributed by atoms with van der Waals surface area (Å²) in [6.45, 7) is 2.07. The van der Waals surface area contributed by atoms with Crippen LogP contribution in [-0.4, -0.2) is 14.2 Å². The molecule has 1 atom stereocenters. The zero-order chi connectivity index (χ0) is 15.2. The first-order valence-corrected chi connectivity index (χ1v) is 6.91. The molecule has 2 aromatic carbocycles. The van der Waals surface area contributed by atoms with Gasteiger partial charge in [0.05, 0.1) is 20.3 Å². The maximum atomic E-state index is 5.74. The second-order valence-corrected chi connectivity index (χ2v) is 5.02. The third-order valence-corrected chi connectivity index (χ3v) is 3.56. The Bertz CT molecular complexity index is 599. The van der Waals surface area contributed by atoms with Gasteiger partial charge in [-0.05, 0) is 42.7 Å². The lowest BCUT2D eigenvalue weighted by Crippen LogP contribution is -2.29. The minimum atomic E-state index is -0.00389. The van der Waals surface area contributed by atoms with E-state index in [0.29, 0.717) is 0 Å². The van der Waals surface area contributed by atoms with Crippen LogP contribution in [0, 0.1) is 6.92 Å². The largest absolute Gasteiger partial charge is 0.497 e. The van der Waals surface area contributed by atoms with Crippen LogP contribution in [0.3, 0.4) is 0 Å². The van der Waals surface area contributed by atoms with Gasteiger partial charge in [-0.2, -0.15) is 0 Å². The number of methoxy groups -OCH3 is 2. The summed E-state index contributed by atoms with van der Waals surface area (Å²) < 4.78 is 10.7. The Hall–Kier alpha value is -2.04. The molecule has 0 radical (unpaired) electrons. The molecule has 21 heavy (non-hydrogen) atoms. The molecule has 0 spiro atoms. The molecular weight excluding hydrogens is 264 g/mol. The smallest absolute Gasteiger partial charge is 0.122 e. The Kier molecular flexibility index (Phi) is 5.20. The van der Waals surface area contributed by atoms with Crippen LogP contribution in [-0.2, 0) is 6.42 Å². The molecule has 0 saturated carbocycles. The highest BCUT2D eigenvalue weighted by Gasteiger charge is 2.14. The van der Waals surface area contributed by atoms with Gasteiger partial charge in [-0.15, -0.1) is 0 Å². The lowest BCUT2D eigenvalue weighted by molar-refractivity contribution is 0.404. The third kappa shape index (κ3) is 3.74. The summed E-state index contributed by atoms with van der Waals surface area (Å²) in [5.41, 5.74) is 6.29. The average Bonchev–Trinajstić information content (AvgIpc) is 2.52. The van der Waals surface area contributed by atoms with Gasteiger partial charge in [-0.3, -0.25) is 11.3 Å². The predicted octanol–water partition coefficient (Wildman–Crippen LogP) is 2.76. The molecule has 1 unspecified atom stereocenters. The van der Waals surface area contributed by atoms with Crippen molar-refractivity contribution in [3.05, 3.63) is 59.2 Å². The van der Waals surface area contributed by atoms with Crippen LogP contribution in [0.5, 0.6) is 11.5 Å². The Morgan fingerprint density at radius 2 is 1.90 bits per heavy atom. The molecule has 0 aromatic heterocycles. The molecule has 0 fully saturated rings. The molecule has 0 aliphatic heterocycles. The Labute approximate surface area is 125 Å². The zero-order valence-corrected chi connectivity index (χ0v) is 12.7. The number of nitrogens with two attached hydrogens (primary N) is 1. The van der Waals surface area contributed by atoms with Crippen LogP contribution in [0.1, 0.15) is 22.7 Å². The standard InChI is InChI=1S/C17H22N2O2/c1-12-7-8-17(21-3)14(9-12)11-16(19-18)13-5-4-6-15(10-13)20-2/h4-10,16,19H,11,18H2,1-3H3. The molecule has 2 aromatic rings. The summed E-state index contributed by atoms with van der Waals surface area (Å²) in [4.78, 5) is 0. The monoisotopic (exact) mass is 286 g/mol. The molecule has 0 aliphatic rings. The van der Waals surface area contributed by atoms with Crippen LogP contribution in [0.4, 0.5) is 0 Å². The van der Waals surface area contributed by atoms with Crippen molar-refractivity contribution in [3.8, 4) is 11.5 Å². The molecular formula is C17H22N2O2. The number of nitrogens with one attached hydrogen (secondary N) is 1. The van der Waals surface area contributed by atoms with E-state index in [1.165, 1.54) is 5.56 Å². The van der Waals surface area contributed by atoms with Gasteiger partial charge in [0, 0.05) is 0 Å². The van der Waals surface area contributed by atoms with Gasteiger partial charge in [-0.1, -0.05) is 29.8 Å². The number of hydrazine groups is 1. The van der Waals surface area contributed by atoms with Crippen molar-refractivity contribution in [2.75, 3.05) is 14.2 Å². The topological polar surface area (TPSA) is 56.5 Å². The van der Waals surface area contributed by atoms with Crippen molar-refractivity contribution in [3.63, 3.8) is 0 Å². The van der Waals surface area contributed by atoms with Gasteiger partial charge in [0.25, 0.3) is 0 Å². The normalized spacial score (nSPS) is 12.0. The van der Waals surface area contributed by atoms with E-state index in [1.54, 1.807) is 14.2 Å². The number of rotatable bonds is 6. The summed E-state index contributed by atoms with van der Waals surface area (Å²) in [6.07, 6.45) is 0.745. The van der Waals surface area contributed by atoms with Crippen molar-refractivity contribution < 1.29 is 9.47 Å². The average molecular weight is 286 g/mol. The molecule has 0 aliphatic carbocycles. The molecule has 112 valence electrons. The number of hydrogen-bond acceptors (Lipinski definition) is 4. The molecule has 0 heterocycles. The quantitative estimate of drug-likeness (QED) is 0.633. The second-order valence-electron chi connectivity index (χ2n) is 5.02. The molecule has 0 saturated heterocycles. The fraction of sp³-hybridized carbons (Fsp3) is 0.294. The summed E-state index contributed by atoms with van der Waals surface area (Å²) in [5.74, 6) is 7.44. The fourth-order valence-electron chi connectivity index (χ4n) is 2.42. The van der Waals surface area contributed by atoms with Crippen LogP contribution in [0.25, 0.3) is 0 Å². The van der Waals surface area contributed by atoms with Crippen molar-refractivity contribution in [1.82, 2.24) is 5.43 Å². The van der Waals surface area contributed by atoms with Crippen LogP contribution in [0.15, 0.2) is 42.5 Å². The van der Waals surface area contributed by atoms with E-state index in [4.69, 9.17) is 15.3 Å². The van der Waals surface area contributed by atoms with E-state index in [-0.39, 0.29) is 6.04 Å². The van der Waals surface area contributed by atoms with E-state index in [1.807, 2.05) is 36.4 Å². The SMILES string of the molecule is COc1cccc(C(Cc2cc(C)ccc2OC)NN)c1. The molecule has 2 rings (SSSR count). The van der Waals surface area contributed by atoms with Gasteiger partial charge in [0.1, 0.15) is 11.5 Å². The third-order valence-electron chi connectivity index (χ3n) is 3.56.